The molecule has 0 radical (unpaired) electrons. The van der Waals surface area contributed by atoms with E-state index in [2.05, 4.69) is 31.3 Å². The molecule has 0 aliphatic carbocycles. The summed E-state index contributed by atoms with van der Waals surface area (Å²) in [5.74, 6) is 1.69. The minimum Gasteiger partial charge on any atom is -0.496 e. The molecule has 0 spiro atoms. The minimum absolute atomic E-state index is 0.227. The summed E-state index contributed by atoms with van der Waals surface area (Å²) in [6.07, 6.45) is 1.26. The zero-order valence-electron chi connectivity index (χ0n) is 12.1. The van der Waals surface area contributed by atoms with Crippen molar-refractivity contribution in [3.63, 3.8) is 0 Å². The molecule has 2 heterocycles. The van der Waals surface area contributed by atoms with Gasteiger partial charge in [-0.15, -0.1) is 0 Å². The van der Waals surface area contributed by atoms with E-state index in [-0.39, 0.29) is 5.41 Å². The lowest BCUT2D eigenvalue weighted by Gasteiger charge is -2.47. The van der Waals surface area contributed by atoms with E-state index in [4.69, 9.17) is 9.47 Å². The summed E-state index contributed by atoms with van der Waals surface area (Å²) in [5.41, 5.74) is 4.24. The largest absolute Gasteiger partial charge is 0.496 e. The fourth-order valence-corrected chi connectivity index (χ4v) is 3.61. The molecular weight excluding hydrogens is 238 g/mol. The van der Waals surface area contributed by atoms with E-state index >= 15 is 0 Å². The molecule has 2 aliphatic heterocycles. The molecule has 1 N–H and O–H groups in total. The van der Waals surface area contributed by atoms with Crippen molar-refractivity contribution in [2.75, 3.05) is 33.4 Å². The Balaban J connectivity index is 2.02. The van der Waals surface area contributed by atoms with Gasteiger partial charge >= 0.3 is 0 Å². The van der Waals surface area contributed by atoms with Crippen molar-refractivity contribution >= 4 is 0 Å². The quantitative estimate of drug-likeness (QED) is 0.904. The second-order valence-corrected chi connectivity index (χ2v) is 5.98. The molecule has 2 fully saturated rings. The van der Waals surface area contributed by atoms with E-state index in [9.17, 15) is 0 Å². The summed E-state index contributed by atoms with van der Waals surface area (Å²) in [7, 11) is 1.74. The Morgan fingerprint density at radius 1 is 1.26 bits per heavy atom. The van der Waals surface area contributed by atoms with E-state index in [0.717, 1.165) is 32.1 Å². The Hall–Kier alpha value is -1.06. The molecule has 2 aliphatic rings. The van der Waals surface area contributed by atoms with E-state index in [1.807, 2.05) is 0 Å². The van der Waals surface area contributed by atoms with E-state index in [1.165, 1.54) is 23.1 Å². The third-order valence-electron chi connectivity index (χ3n) is 4.84. The maximum absolute atomic E-state index is 5.60. The summed E-state index contributed by atoms with van der Waals surface area (Å²) >= 11 is 0. The molecule has 3 heteroatoms. The predicted octanol–water partition coefficient (Wildman–Crippen LogP) is 2.19. The molecule has 104 valence electrons. The smallest absolute Gasteiger partial charge is 0.122 e. The van der Waals surface area contributed by atoms with Crippen LogP contribution in [0.3, 0.4) is 0 Å². The number of benzene rings is 1. The maximum atomic E-state index is 5.60. The molecule has 1 unspecified atom stereocenters. The van der Waals surface area contributed by atoms with Crippen molar-refractivity contribution < 1.29 is 9.47 Å². The average Bonchev–Trinajstić information content (AvgIpc) is 2.86. The number of ether oxygens (including phenoxy) is 2. The number of methoxy groups -OCH3 is 1. The second kappa shape index (κ2) is 4.80. The first-order valence-electron chi connectivity index (χ1n) is 7.11. The lowest BCUT2D eigenvalue weighted by molar-refractivity contribution is -0.0872. The third-order valence-corrected chi connectivity index (χ3v) is 4.84. The van der Waals surface area contributed by atoms with Crippen LogP contribution in [0, 0.1) is 19.8 Å². The summed E-state index contributed by atoms with van der Waals surface area (Å²) in [6, 6.07) is 4.49. The molecule has 3 rings (SSSR count). The molecule has 0 amide bonds. The first kappa shape index (κ1) is 12.9. The van der Waals surface area contributed by atoms with Crippen LogP contribution in [-0.2, 0) is 10.2 Å². The highest BCUT2D eigenvalue weighted by molar-refractivity contribution is 5.46. The summed E-state index contributed by atoms with van der Waals surface area (Å²) in [5, 5.41) is 3.49. The van der Waals surface area contributed by atoms with Gasteiger partial charge < -0.3 is 14.8 Å². The lowest BCUT2D eigenvalue weighted by Crippen LogP contribution is -2.53. The standard InChI is InChI=1S/C16H23NO2/c1-11-7-15(18-3)12(2)6-14(11)16(9-19-10-16)13-4-5-17-8-13/h6-7,13,17H,4-5,8-10H2,1-3H3. The van der Waals surface area contributed by atoms with Gasteiger partial charge in [0.25, 0.3) is 0 Å². The second-order valence-electron chi connectivity index (χ2n) is 5.98. The Kier molecular flexibility index (Phi) is 3.27. The first-order chi connectivity index (χ1) is 9.17. The van der Waals surface area contributed by atoms with Gasteiger partial charge in [0.15, 0.2) is 0 Å². The van der Waals surface area contributed by atoms with Crippen molar-refractivity contribution in [3.8, 4) is 5.75 Å². The highest BCUT2D eigenvalue weighted by atomic mass is 16.5. The van der Waals surface area contributed by atoms with Crippen LogP contribution in [0.25, 0.3) is 0 Å². The lowest BCUT2D eigenvalue weighted by atomic mass is 9.66. The van der Waals surface area contributed by atoms with Crippen molar-refractivity contribution in [3.05, 3.63) is 28.8 Å². The number of rotatable bonds is 3. The molecule has 1 atom stereocenters. The SMILES string of the molecule is COc1cc(C)c(C2(C3CCNC3)COC2)cc1C. The Labute approximate surface area is 115 Å². The van der Waals surface area contributed by atoms with Crippen LogP contribution in [0.15, 0.2) is 12.1 Å². The molecule has 0 aromatic heterocycles. The van der Waals surface area contributed by atoms with Crippen LogP contribution < -0.4 is 10.1 Å². The highest BCUT2D eigenvalue weighted by Crippen LogP contribution is 2.44. The summed E-state index contributed by atoms with van der Waals surface area (Å²) in [6.45, 7) is 8.31. The van der Waals surface area contributed by atoms with Gasteiger partial charge in [-0.1, -0.05) is 6.07 Å². The zero-order chi connectivity index (χ0) is 13.5. The van der Waals surface area contributed by atoms with Gasteiger partial charge in [-0.25, -0.2) is 0 Å². The highest BCUT2D eigenvalue weighted by Gasteiger charge is 2.48. The maximum Gasteiger partial charge on any atom is 0.122 e. The van der Waals surface area contributed by atoms with Gasteiger partial charge in [-0.05, 0) is 62.0 Å². The summed E-state index contributed by atoms with van der Waals surface area (Å²) < 4.78 is 11.0. The topological polar surface area (TPSA) is 30.5 Å². The van der Waals surface area contributed by atoms with Gasteiger partial charge in [0.1, 0.15) is 5.75 Å². The third kappa shape index (κ3) is 1.96. The fraction of sp³-hybridized carbons (Fsp3) is 0.625. The number of hydrogen-bond acceptors (Lipinski definition) is 3. The molecule has 3 nitrogen and oxygen atoms in total. The van der Waals surface area contributed by atoms with Crippen molar-refractivity contribution in [2.24, 2.45) is 5.92 Å². The normalized spacial score (nSPS) is 25.1. The predicted molar refractivity (Wildman–Crippen MR) is 75.9 cm³/mol. The molecule has 0 saturated carbocycles. The molecule has 19 heavy (non-hydrogen) atoms. The fourth-order valence-electron chi connectivity index (χ4n) is 3.61. The molecule has 1 aromatic carbocycles. The van der Waals surface area contributed by atoms with E-state index in [1.54, 1.807) is 7.11 Å². The van der Waals surface area contributed by atoms with Crippen molar-refractivity contribution in [1.29, 1.82) is 0 Å². The molecule has 0 bridgehead atoms. The monoisotopic (exact) mass is 261 g/mol. The van der Waals surface area contributed by atoms with Gasteiger partial charge in [0, 0.05) is 5.41 Å². The van der Waals surface area contributed by atoms with Crippen molar-refractivity contribution in [2.45, 2.75) is 25.7 Å². The zero-order valence-corrected chi connectivity index (χ0v) is 12.1. The van der Waals surface area contributed by atoms with Gasteiger partial charge in [0.05, 0.1) is 20.3 Å². The Morgan fingerprint density at radius 2 is 2.05 bits per heavy atom. The Bertz CT molecular complexity index is 474. The number of nitrogens with one attached hydrogen (secondary N) is 1. The number of aryl methyl sites for hydroxylation is 2. The first-order valence-corrected chi connectivity index (χ1v) is 7.11. The van der Waals surface area contributed by atoms with Crippen LogP contribution in [0.1, 0.15) is 23.1 Å². The molecule has 1 aromatic rings. The van der Waals surface area contributed by atoms with Gasteiger partial charge in [-0.3, -0.25) is 0 Å². The van der Waals surface area contributed by atoms with E-state index < -0.39 is 0 Å². The van der Waals surface area contributed by atoms with Crippen molar-refractivity contribution in [1.82, 2.24) is 5.32 Å². The van der Waals surface area contributed by atoms with Crippen LogP contribution in [0.4, 0.5) is 0 Å². The molecule has 2 saturated heterocycles. The average molecular weight is 261 g/mol. The molecular formula is C16H23NO2. The summed E-state index contributed by atoms with van der Waals surface area (Å²) in [4.78, 5) is 0. The van der Waals surface area contributed by atoms with E-state index in [0.29, 0.717) is 5.92 Å². The number of hydrogen-bond donors (Lipinski definition) is 1. The minimum atomic E-state index is 0.227. The van der Waals surface area contributed by atoms with Crippen LogP contribution in [0.2, 0.25) is 0 Å². The van der Waals surface area contributed by atoms with Crippen LogP contribution in [0.5, 0.6) is 5.75 Å². The van der Waals surface area contributed by atoms with Gasteiger partial charge in [0.2, 0.25) is 0 Å². The van der Waals surface area contributed by atoms with Crippen LogP contribution in [-0.4, -0.2) is 33.4 Å². The Morgan fingerprint density at radius 3 is 2.58 bits per heavy atom. The van der Waals surface area contributed by atoms with Gasteiger partial charge in [-0.2, -0.15) is 0 Å². The van der Waals surface area contributed by atoms with Crippen LogP contribution >= 0.6 is 0 Å².